The number of piperazine rings is 1. The number of benzene rings is 1. The molecule has 5 heteroatoms. The van der Waals surface area contributed by atoms with Crippen molar-refractivity contribution < 1.29 is 14.6 Å². The zero-order valence-corrected chi connectivity index (χ0v) is 9.56. The van der Waals surface area contributed by atoms with E-state index in [9.17, 15) is 5.11 Å². The molecule has 5 nitrogen and oxygen atoms in total. The van der Waals surface area contributed by atoms with Crippen molar-refractivity contribution in [3.63, 3.8) is 0 Å². The minimum atomic E-state index is -0.482. The second-order valence-corrected chi connectivity index (χ2v) is 4.22. The van der Waals surface area contributed by atoms with E-state index in [0.717, 1.165) is 30.3 Å². The Morgan fingerprint density at radius 1 is 1.29 bits per heavy atom. The van der Waals surface area contributed by atoms with E-state index in [1.54, 1.807) is 0 Å². The number of anilines is 1. The summed E-state index contributed by atoms with van der Waals surface area (Å²) in [5, 5.41) is 12.6. The van der Waals surface area contributed by atoms with E-state index in [0.29, 0.717) is 19.8 Å². The first-order valence-corrected chi connectivity index (χ1v) is 5.89. The maximum absolute atomic E-state index is 9.62. The molecule has 3 rings (SSSR count). The summed E-state index contributed by atoms with van der Waals surface area (Å²) in [6, 6.07) is 5.87. The highest BCUT2D eigenvalue weighted by Gasteiger charge is 2.23. The Kier molecular flexibility index (Phi) is 2.78. The molecule has 1 aromatic rings. The lowest BCUT2D eigenvalue weighted by Crippen LogP contribution is -2.50. The van der Waals surface area contributed by atoms with Gasteiger partial charge in [-0.1, -0.05) is 6.07 Å². The molecular formula is C12H16N2O3. The number of fused-ring (bicyclic) bond motifs is 1. The summed E-state index contributed by atoms with van der Waals surface area (Å²) in [7, 11) is 0. The minimum absolute atomic E-state index is 0.482. The Labute approximate surface area is 99.9 Å². The van der Waals surface area contributed by atoms with Crippen LogP contribution in [-0.2, 0) is 0 Å². The molecule has 1 unspecified atom stereocenters. The Balaban J connectivity index is 1.91. The van der Waals surface area contributed by atoms with E-state index in [4.69, 9.17) is 9.47 Å². The second kappa shape index (κ2) is 4.43. The maximum Gasteiger partial charge on any atom is 0.184 e. The Bertz CT molecular complexity index is 411. The van der Waals surface area contributed by atoms with Crippen molar-refractivity contribution in [3.8, 4) is 11.5 Å². The van der Waals surface area contributed by atoms with Crippen LogP contribution in [0.25, 0.3) is 0 Å². The van der Waals surface area contributed by atoms with Crippen molar-refractivity contribution in [2.24, 2.45) is 0 Å². The quantitative estimate of drug-likeness (QED) is 0.729. The van der Waals surface area contributed by atoms with Gasteiger partial charge in [-0.2, -0.15) is 0 Å². The molecule has 0 radical (unpaired) electrons. The molecule has 92 valence electrons. The van der Waals surface area contributed by atoms with Crippen LogP contribution < -0.4 is 19.7 Å². The predicted octanol–water partition coefficient (Wildman–Crippen LogP) is 0.186. The van der Waals surface area contributed by atoms with Crippen molar-refractivity contribution in [1.29, 1.82) is 0 Å². The van der Waals surface area contributed by atoms with Gasteiger partial charge in [-0.25, -0.2) is 0 Å². The van der Waals surface area contributed by atoms with E-state index in [1.807, 2.05) is 18.2 Å². The third-order valence-electron chi connectivity index (χ3n) is 3.04. The number of β-amino-alcohol motifs (C(OH)–C–C–N with tert-alkyl or cyclic N) is 1. The molecule has 2 aliphatic rings. The van der Waals surface area contributed by atoms with Gasteiger partial charge >= 0.3 is 0 Å². The topological polar surface area (TPSA) is 54.0 Å². The van der Waals surface area contributed by atoms with E-state index in [2.05, 4.69) is 10.2 Å². The lowest BCUT2D eigenvalue weighted by molar-refractivity contribution is 0.130. The fraction of sp³-hybridized carbons (Fsp3) is 0.500. The second-order valence-electron chi connectivity index (χ2n) is 4.22. The Morgan fingerprint density at radius 3 is 3.06 bits per heavy atom. The number of ether oxygens (including phenoxy) is 2. The predicted molar refractivity (Wildman–Crippen MR) is 63.7 cm³/mol. The van der Waals surface area contributed by atoms with Gasteiger partial charge in [0.25, 0.3) is 0 Å². The van der Waals surface area contributed by atoms with Gasteiger partial charge in [0, 0.05) is 13.1 Å². The average Bonchev–Trinajstić information content (AvgIpc) is 2.38. The van der Waals surface area contributed by atoms with Gasteiger partial charge in [0.05, 0.1) is 12.2 Å². The van der Waals surface area contributed by atoms with Crippen LogP contribution in [0.5, 0.6) is 11.5 Å². The molecule has 1 atom stereocenters. The first-order valence-electron chi connectivity index (χ1n) is 5.89. The summed E-state index contributed by atoms with van der Waals surface area (Å²) in [4.78, 5) is 2.12. The van der Waals surface area contributed by atoms with E-state index >= 15 is 0 Å². The molecule has 0 amide bonds. The lowest BCUT2D eigenvalue weighted by atomic mass is 10.2. The van der Waals surface area contributed by atoms with Gasteiger partial charge in [-0.3, -0.25) is 5.32 Å². The number of nitrogens with one attached hydrogen (secondary N) is 1. The highest BCUT2D eigenvalue weighted by Crippen LogP contribution is 2.39. The van der Waals surface area contributed by atoms with Gasteiger partial charge in [0.15, 0.2) is 11.5 Å². The molecule has 1 aromatic carbocycles. The number of hydrogen-bond acceptors (Lipinski definition) is 5. The zero-order chi connectivity index (χ0) is 11.7. The molecule has 0 spiro atoms. The van der Waals surface area contributed by atoms with Crippen LogP contribution in [0.15, 0.2) is 18.2 Å². The molecule has 2 aliphatic heterocycles. The minimum Gasteiger partial charge on any atom is -0.486 e. The first kappa shape index (κ1) is 10.7. The number of para-hydroxylation sites is 1. The normalized spacial score (nSPS) is 23.6. The summed E-state index contributed by atoms with van der Waals surface area (Å²) in [6.07, 6.45) is -0.482. The Morgan fingerprint density at radius 2 is 2.18 bits per heavy atom. The van der Waals surface area contributed by atoms with Gasteiger partial charge in [-0.05, 0) is 12.1 Å². The van der Waals surface area contributed by atoms with Crippen molar-refractivity contribution in [3.05, 3.63) is 18.2 Å². The molecule has 1 fully saturated rings. The largest absolute Gasteiger partial charge is 0.486 e. The summed E-state index contributed by atoms with van der Waals surface area (Å²) in [5.74, 6) is 1.59. The number of hydrogen-bond donors (Lipinski definition) is 2. The van der Waals surface area contributed by atoms with Crippen molar-refractivity contribution in [2.75, 3.05) is 37.7 Å². The molecule has 2 heterocycles. The van der Waals surface area contributed by atoms with Crippen LogP contribution in [0.2, 0.25) is 0 Å². The highest BCUT2D eigenvalue weighted by molar-refractivity contribution is 5.65. The molecule has 17 heavy (non-hydrogen) atoms. The monoisotopic (exact) mass is 236 g/mol. The SMILES string of the molecule is OC1CN(c2cccc3c2OCCO3)CCN1. The molecule has 0 aromatic heterocycles. The fourth-order valence-electron chi connectivity index (χ4n) is 2.26. The summed E-state index contributed by atoms with van der Waals surface area (Å²) in [5.41, 5.74) is 1.00. The van der Waals surface area contributed by atoms with Crippen LogP contribution >= 0.6 is 0 Å². The van der Waals surface area contributed by atoms with Crippen LogP contribution in [0, 0.1) is 0 Å². The van der Waals surface area contributed by atoms with Crippen LogP contribution in [0.1, 0.15) is 0 Å². The molecule has 1 saturated heterocycles. The van der Waals surface area contributed by atoms with Gasteiger partial charge < -0.3 is 19.5 Å². The van der Waals surface area contributed by atoms with Crippen LogP contribution in [0.3, 0.4) is 0 Å². The molecule has 2 N–H and O–H groups in total. The fourth-order valence-corrected chi connectivity index (χ4v) is 2.26. The first-order chi connectivity index (χ1) is 8.34. The molecule has 0 aliphatic carbocycles. The van der Waals surface area contributed by atoms with Crippen LogP contribution in [-0.4, -0.2) is 44.2 Å². The molecule has 0 saturated carbocycles. The smallest absolute Gasteiger partial charge is 0.184 e. The van der Waals surface area contributed by atoms with Crippen LogP contribution in [0.4, 0.5) is 5.69 Å². The highest BCUT2D eigenvalue weighted by atomic mass is 16.6. The maximum atomic E-state index is 9.62. The third kappa shape index (κ3) is 2.03. The van der Waals surface area contributed by atoms with E-state index in [1.165, 1.54) is 0 Å². The van der Waals surface area contributed by atoms with Gasteiger partial charge in [-0.15, -0.1) is 0 Å². The third-order valence-corrected chi connectivity index (χ3v) is 3.04. The van der Waals surface area contributed by atoms with Gasteiger partial charge in [0.2, 0.25) is 0 Å². The molecule has 0 bridgehead atoms. The summed E-state index contributed by atoms with van der Waals surface area (Å²) in [6.45, 7) is 3.38. The molecular weight excluding hydrogens is 220 g/mol. The zero-order valence-electron chi connectivity index (χ0n) is 9.56. The van der Waals surface area contributed by atoms with Crippen molar-refractivity contribution >= 4 is 5.69 Å². The summed E-state index contributed by atoms with van der Waals surface area (Å²) >= 11 is 0. The number of aliphatic hydroxyl groups is 1. The lowest BCUT2D eigenvalue weighted by Gasteiger charge is -2.34. The summed E-state index contributed by atoms with van der Waals surface area (Å²) < 4.78 is 11.2. The standard InChI is InChI=1S/C12H16N2O3/c15-11-8-14(5-4-13-11)9-2-1-3-10-12(9)17-7-6-16-10/h1-3,11,13,15H,4-8H2. The Hall–Kier alpha value is -1.46. The van der Waals surface area contributed by atoms with E-state index in [-0.39, 0.29) is 0 Å². The van der Waals surface area contributed by atoms with Crippen molar-refractivity contribution in [2.45, 2.75) is 6.23 Å². The number of rotatable bonds is 1. The van der Waals surface area contributed by atoms with Crippen molar-refractivity contribution in [1.82, 2.24) is 5.32 Å². The average molecular weight is 236 g/mol. The van der Waals surface area contributed by atoms with Gasteiger partial charge in [0.1, 0.15) is 19.4 Å². The number of aliphatic hydroxyl groups excluding tert-OH is 1. The van der Waals surface area contributed by atoms with E-state index < -0.39 is 6.23 Å². The number of nitrogens with zero attached hydrogens (tertiary/aromatic N) is 1.